The Balaban J connectivity index is 2.20. The standard InChI is InChI=1S/C18H21N5O2/c1-4-14-15(11-19)17(23-22-16(14)5-2)20-12-7-9-13(10-8-12)21-18(24)25-6-3/h7-10H,4-6H2,1-3H3,(H,20,23)(H,21,24). The minimum Gasteiger partial charge on any atom is -0.450 e. The predicted octanol–water partition coefficient (Wildman–Crippen LogP) is 3.79. The van der Waals surface area contributed by atoms with E-state index in [0.717, 1.165) is 29.8 Å². The molecule has 0 bridgehead atoms. The molecule has 0 atom stereocenters. The Morgan fingerprint density at radius 3 is 2.36 bits per heavy atom. The molecule has 2 rings (SSSR count). The number of aromatic nitrogens is 2. The maximum atomic E-state index is 11.4. The molecular weight excluding hydrogens is 318 g/mol. The second-order valence-electron chi connectivity index (χ2n) is 5.22. The van der Waals surface area contributed by atoms with E-state index in [-0.39, 0.29) is 0 Å². The third kappa shape index (κ3) is 4.44. The molecule has 0 unspecified atom stereocenters. The fraction of sp³-hybridized carbons (Fsp3) is 0.333. The predicted molar refractivity (Wildman–Crippen MR) is 95.9 cm³/mol. The van der Waals surface area contributed by atoms with Gasteiger partial charge in [-0.2, -0.15) is 10.4 Å². The first-order valence-corrected chi connectivity index (χ1v) is 8.22. The summed E-state index contributed by atoms with van der Waals surface area (Å²) in [6, 6.07) is 9.26. The van der Waals surface area contributed by atoms with Crippen LogP contribution in [-0.2, 0) is 17.6 Å². The van der Waals surface area contributed by atoms with Crippen LogP contribution in [0, 0.1) is 11.3 Å². The van der Waals surface area contributed by atoms with E-state index in [1.165, 1.54) is 0 Å². The number of amides is 1. The van der Waals surface area contributed by atoms with Gasteiger partial charge >= 0.3 is 6.09 Å². The Hall–Kier alpha value is -3.14. The Bertz CT molecular complexity index is 781. The Kier molecular flexibility index (Phi) is 6.29. The van der Waals surface area contributed by atoms with Crippen molar-refractivity contribution in [3.63, 3.8) is 0 Å². The number of hydrogen-bond donors (Lipinski definition) is 2. The van der Waals surface area contributed by atoms with E-state index in [1.54, 1.807) is 31.2 Å². The number of carbonyl (C=O) groups excluding carboxylic acids is 1. The minimum atomic E-state index is -0.497. The van der Waals surface area contributed by atoms with Crippen LogP contribution in [0.5, 0.6) is 0 Å². The summed E-state index contributed by atoms with van der Waals surface area (Å²) in [5.41, 5.74) is 3.64. The van der Waals surface area contributed by atoms with Crippen LogP contribution in [0.15, 0.2) is 24.3 Å². The zero-order valence-corrected chi connectivity index (χ0v) is 14.6. The molecule has 1 amide bonds. The number of carbonyl (C=O) groups is 1. The van der Waals surface area contributed by atoms with Gasteiger partial charge in [0.25, 0.3) is 0 Å². The van der Waals surface area contributed by atoms with Gasteiger partial charge in [-0.25, -0.2) is 4.79 Å². The highest BCUT2D eigenvalue weighted by Gasteiger charge is 2.14. The molecule has 1 heterocycles. The number of nitrogens with zero attached hydrogens (tertiary/aromatic N) is 3. The van der Waals surface area contributed by atoms with Crippen molar-refractivity contribution in [2.75, 3.05) is 17.2 Å². The van der Waals surface area contributed by atoms with Crippen molar-refractivity contribution in [2.24, 2.45) is 0 Å². The molecule has 0 radical (unpaired) electrons. The molecule has 2 aromatic rings. The van der Waals surface area contributed by atoms with Gasteiger partial charge in [-0.1, -0.05) is 13.8 Å². The van der Waals surface area contributed by atoms with E-state index >= 15 is 0 Å². The van der Waals surface area contributed by atoms with Gasteiger partial charge in [-0.05, 0) is 49.6 Å². The van der Waals surface area contributed by atoms with Crippen LogP contribution < -0.4 is 10.6 Å². The Morgan fingerprint density at radius 2 is 1.80 bits per heavy atom. The lowest BCUT2D eigenvalue weighted by molar-refractivity contribution is 0.168. The smallest absolute Gasteiger partial charge is 0.411 e. The fourth-order valence-corrected chi connectivity index (χ4v) is 2.44. The third-order valence-corrected chi connectivity index (χ3v) is 3.63. The molecular formula is C18H21N5O2. The topological polar surface area (TPSA) is 99.9 Å². The lowest BCUT2D eigenvalue weighted by Crippen LogP contribution is -2.13. The van der Waals surface area contributed by atoms with Crippen molar-refractivity contribution < 1.29 is 9.53 Å². The number of anilines is 3. The molecule has 0 fully saturated rings. The molecule has 0 saturated carbocycles. The van der Waals surface area contributed by atoms with Crippen LogP contribution in [0.3, 0.4) is 0 Å². The van der Waals surface area contributed by atoms with E-state index in [2.05, 4.69) is 26.9 Å². The second-order valence-corrected chi connectivity index (χ2v) is 5.22. The first kappa shape index (κ1) is 18.2. The summed E-state index contributed by atoms with van der Waals surface area (Å²) < 4.78 is 4.83. The van der Waals surface area contributed by atoms with Crippen LogP contribution in [0.2, 0.25) is 0 Å². The van der Waals surface area contributed by atoms with Crippen molar-refractivity contribution in [2.45, 2.75) is 33.6 Å². The average Bonchev–Trinajstić information content (AvgIpc) is 2.62. The van der Waals surface area contributed by atoms with Crippen LogP contribution in [0.1, 0.15) is 37.6 Å². The number of hydrogen-bond acceptors (Lipinski definition) is 6. The van der Waals surface area contributed by atoms with Crippen LogP contribution in [0.4, 0.5) is 22.0 Å². The molecule has 2 N–H and O–H groups in total. The molecule has 7 nitrogen and oxygen atoms in total. The van der Waals surface area contributed by atoms with Gasteiger partial charge in [0.15, 0.2) is 5.82 Å². The van der Waals surface area contributed by atoms with E-state index in [0.29, 0.717) is 23.7 Å². The number of benzene rings is 1. The SMILES string of the molecule is CCOC(=O)Nc1ccc(Nc2nnc(CC)c(CC)c2C#N)cc1. The van der Waals surface area contributed by atoms with Gasteiger partial charge in [-0.15, -0.1) is 5.10 Å². The van der Waals surface area contributed by atoms with Gasteiger partial charge in [-0.3, -0.25) is 5.32 Å². The van der Waals surface area contributed by atoms with Crippen molar-refractivity contribution >= 4 is 23.3 Å². The molecule has 0 aliphatic carbocycles. The summed E-state index contributed by atoms with van der Waals surface area (Å²) >= 11 is 0. The molecule has 1 aromatic heterocycles. The largest absolute Gasteiger partial charge is 0.450 e. The Labute approximate surface area is 147 Å². The van der Waals surface area contributed by atoms with Gasteiger partial charge in [0.2, 0.25) is 0 Å². The lowest BCUT2D eigenvalue weighted by Gasteiger charge is -2.12. The van der Waals surface area contributed by atoms with E-state index in [1.807, 2.05) is 13.8 Å². The number of aryl methyl sites for hydroxylation is 1. The fourth-order valence-electron chi connectivity index (χ4n) is 2.44. The summed E-state index contributed by atoms with van der Waals surface area (Å²) in [5.74, 6) is 0.433. The van der Waals surface area contributed by atoms with Crippen molar-refractivity contribution in [3.05, 3.63) is 41.1 Å². The number of rotatable bonds is 6. The zero-order chi connectivity index (χ0) is 18.2. The molecule has 0 spiro atoms. The first-order valence-electron chi connectivity index (χ1n) is 8.22. The van der Waals surface area contributed by atoms with Crippen molar-refractivity contribution in [1.82, 2.24) is 10.2 Å². The number of ether oxygens (including phenoxy) is 1. The summed E-state index contributed by atoms with van der Waals surface area (Å²) in [6.45, 7) is 6.05. The highest BCUT2D eigenvalue weighted by molar-refractivity contribution is 5.85. The number of nitrogens with one attached hydrogen (secondary N) is 2. The van der Waals surface area contributed by atoms with Crippen LogP contribution in [-0.4, -0.2) is 22.9 Å². The minimum absolute atomic E-state index is 0.314. The van der Waals surface area contributed by atoms with Crippen LogP contribution >= 0.6 is 0 Å². The summed E-state index contributed by atoms with van der Waals surface area (Å²) in [5, 5.41) is 23.6. The maximum absolute atomic E-state index is 11.4. The van der Waals surface area contributed by atoms with Gasteiger partial charge in [0.05, 0.1) is 12.3 Å². The van der Waals surface area contributed by atoms with Gasteiger partial charge in [0, 0.05) is 11.4 Å². The summed E-state index contributed by atoms with van der Waals surface area (Å²) in [6.07, 6.45) is 0.960. The third-order valence-electron chi connectivity index (χ3n) is 3.63. The molecule has 0 aliphatic rings. The molecule has 130 valence electrons. The molecule has 1 aromatic carbocycles. The Morgan fingerprint density at radius 1 is 1.12 bits per heavy atom. The van der Waals surface area contributed by atoms with Gasteiger partial charge in [0.1, 0.15) is 11.6 Å². The first-order chi connectivity index (χ1) is 12.1. The highest BCUT2D eigenvalue weighted by Crippen LogP contribution is 2.24. The lowest BCUT2D eigenvalue weighted by atomic mass is 10.0. The van der Waals surface area contributed by atoms with Gasteiger partial charge < -0.3 is 10.1 Å². The normalized spacial score (nSPS) is 10.0. The monoisotopic (exact) mass is 339 g/mol. The van der Waals surface area contributed by atoms with E-state index in [9.17, 15) is 10.1 Å². The second kappa shape index (κ2) is 8.64. The highest BCUT2D eigenvalue weighted by atomic mass is 16.5. The van der Waals surface area contributed by atoms with Crippen LogP contribution in [0.25, 0.3) is 0 Å². The molecule has 0 aliphatic heterocycles. The molecule has 25 heavy (non-hydrogen) atoms. The molecule has 7 heteroatoms. The summed E-state index contributed by atoms with van der Waals surface area (Å²) in [4.78, 5) is 11.4. The maximum Gasteiger partial charge on any atom is 0.411 e. The average molecular weight is 339 g/mol. The van der Waals surface area contributed by atoms with E-state index in [4.69, 9.17) is 4.74 Å². The van der Waals surface area contributed by atoms with E-state index < -0.39 is 6.09 Å². The molecule has 0 saturated heterocycles. The number of nitriles is 1. The zero-order valence-electron chi connectivity index (χ0n) is 14.6. The quantitative estimate of drug-likeness (QED) is 0.830. The van der Waals surface area contributed by atoms with Crippen molar-refractivity contribution in [3.8, 4) is 6.07 Å². The van der Waals surface area contributed by atoms with Crippen molar-refractivity contribution in [1.29, 1.82) is 5.26 Å². The summed E-state index contributed by atoms with van der Waals surface area (Å²) in [7, 11) is 0.